The maximum absolute atomic E-state index is 13.3. The summed E-state index contributed by atoms with van der Waals surface area (Å²) >= 11 is 0. The van der Waals surface area contributed by atoms with Gasteiger partial charge < -0.3 is 15.1 Å². The standard InChI is InChI=1S/C22H25N3O5S/c1-2-19(26)24-13-15-25(16-14-24)22(28)21(23-20(27)17-9-5-3-6-10-17)31(29,30)18-11-7-4-8-12-18/h3-12,21H,2,13-16H2,1H3,(H,23,27)/t21-/m0/s1. The number of piperazine rings is 1. The van der Waals surface area contributed by atoms with Crippen LogP contribution in [0.3, 0.4) is 0 Å². The van der Waals surface area contributed by atoms with Crippen molar-refractivity contribution in [1.82, 2.24) is 15.1 Å². The van der Waals surface area contributed by atoms with Crippen LogP contribution in [-0.2, 0) is 19.4 Å². The van der Waals surface area contributed by atoms with Gasteiger partial charge in [0.2, 0.25) is 21.1 Å². The fourth-order valence-corrected chi connectivity index (χ4v) is 4.86. The lowest BCUT2D eigenvalue weighted by molar-refractivity contribution is -0.139. The number of benzene rings is 2. The zero-order valence-electron chi connectivity index (χ0n) is 17.2. The molecule has 0 aromatic heterocycles. The Kier molecular flexibility index (Phi) is 7.06. The highest BCUT2D eigenvalue weighted by molar-refractivity contribution is 7.92. The molecule has 3 amide bonds. The number of hydrogen-bond donors (Lipinski definition) is 1. The molecule has 31 heavy (non-hydrogen) atoms. The van der Waals surface area contributed by atoms with Crippen LogP contribution in [0.5, 0.6) is 0 Å². The van der Waals surface area contributed by atoms with Crippen LogP contribution in [0.25, 0.3) is 0 Å². The molecule has 9 heteroatoms. The van der Waals surface area contributed by atoms with Crippen molar-refractivity contribution in [3.63, 3.8) is 0 Å². The van der Waals surface area contributed by atoms with Gasteiger partial charge in [0.25, 0.3) is 11.8 Å². The molecule has 0 bridgehead atoms. The molecule has 0 saturated carbocycles. The van der Waals surface area contributed by atoms with E-state index in [1.54, 1.807) is 60.4 Å². The van der Waals surface area contributed by atoms with Crippen molar-refractivity contribution in [1.29, 1.82) is 0 Å². The molecule has 2 aromatic rings. The van der Waals surface area contributed by atoms with E-state index in [1.165, 1.54) is 17.0 Å². The topological polar surface area (TPSA) is 104 Å². The summed E-state index contributed by atoms with van der Waals surface area (Å²) in [5, 5.41) is 0.648. The zero-order valence-corrected chi connectivity index (χ0v) is 18.0. The molecule has 1 saturated heterocycles. The second-order valence-electron chi connectivity index (χ2n) is 7.14. The molecule has 1 heterocycles. The fraction of sp³-hybridized carbons (Fsp3) is 0.318. The highest BCUT2D eigenvalue weighted by Gasteiger charge is 2.39. The third kappa shape index (κ3) is 5.11. The van der Waals surface area contributed by atoms with Crippen molar-refractivity contribution < 1.29 is 22.8 Å². The molecule has 164 valence electrons. The maximum Gasteiger partial charge on any atom is 0.261 e. The van der Waals surface area contributed by atoms with Crippen molar-refractivity contribution in [2.24, 2.45) is 0 Å². The maximum atomic E-state index is 13.3. The van der Waals surface area contributed by atoms with E-state index in [4.69, 9.17) is 0 Å². The first-order valence-electron chi connectivity index (χ1n) is 10.1. The van der Waals surface area contributed by atoms with Crippen molar-refractivity contribution in [3.05, 3.63) is 66.2 Å². The van der Waals surface area contributed by atoms with Crippen LogP contribution in [0.1, 0.15) is 23.7 Å². The van der Waals surface area contributed by atoms with Crippen LogP contribution >= 0.6 is 0 Å². The number of carbonyl (C=O) groups is 3. The summed E-state index contributed by atoms with van der Waals surface area (Å²) < 4.78 is 26.6. The summed E-state index contributed by atoms with van der Waals surface area (Å²) in [4.78, 5) is 40.8. The van der Waals surface area contributed by atoms with Gasteiger partial charge in [-0.15, -0.1) is 0 Å². The lowest BCUT2D eigenvalue weighted by Gasteiger charge is -2.36. The number of sulfone groups is 1. The lowest BCUT2D eigenvalue weighted by Crippen LogP contribution is -2.57. The second-order valence-corrected chi connectivity index (χ2v) is 9.17. The van der Waals surface area contributed by atoms with E-state index in [0.29, 0.717) is 19.5 Å². The molecule has 2 aromatic carbocycles. The molecule has 0 aliphatic carbocycles. The molecule has 0 radical (unpaired) electrons. The van der Waals surface area contributed by atoms with Crippen molar-refractivity contribution >= 4 is 27.6 Å². The van der Waals surface area contributed by atoms with Crippen LogP contribution in [0, 0.1) is 0 Å². The number of carbonyl (C=O) groups excluding carboxylic acids is 3. The zero-order chi connectivity index (χ0) is 22.4. The van der Waals surface area contributed by atoms with E-state index in [9.17, 15) is 22.8 Å². The van der Waals surface area contributed by atoms with Gasteiger partial charge in [-0.25, -0.2) is 8.42 Å². The molecule has 1 atom stereocenters. The fourth-order valence-electron chi connectivity index (χ4n) is 3.38. The first-order chi connectivity index (χ1) is 14.8. The number of rotatable bonds is 6. The molecule has 1 N–H and O–H groups in total. The predicted molar refractivity (Wildman–Crippen MR) is 115 cm³/mol. The van der Waals surface area contributed by atoms with E-state index >= 15 is 0 Å². The molecule has 0 spiro atoms. The van der Waals surface area contributed by atoms with E-state index in [-0.39, 0.29) is 29.5 Å². The molecular weight excluding hydrogens is 418 g/mol. The highest BCUT2D eigenvalue weighted by atomic mass is 32.2. The summed E-state index contributed by atoms with van der Waals surface area (Å²) in [5.41, 5.74) is 0.252. The van der Waals surface area contributed by atoms with Gasteiger partial charge in [-0.05, 0) is 24.3 Å². The molecular formula is C22H25N3O5S. The summed E-state index contributed by atoms with van der Waals surface area (Å²) in [5.74, 6) is -1.38. The van der Waals surface area contributed by atoms with E-state index in [1.807, 2.05) is 0 Å². The molecule has 1 aliphatic heterocycles. The smallest absolute Gasteiger partial charge is 0.261 e. The van der Waals surface area contributed by atoms with Crippen LogP contribution < -0.4 is 5.32 Å². The van der Waals surface area contributed by atoms with E-state index < -0.39 is 27.0 Å². The minimum atomic E-state index is -4.19. The van der Waals surface area contributed by atoms with Gasteiger partial charge in [-0.3, -0.25) is 14.4 Å². The molecule has 0 unspecified atom stereocenters. The SMILES string of the molecule is CCC(=O)N1CCN(C(=O)[C@@H](NC(=O)c2ccccc2)S(=O)(=O)c2ccccc2)CC1. The van der Waals surface area contributed by atoms with Gasteiger partial charge in [-0.2, -0.15) is 0 Å². The Labute approximate surface area is 181 Å². The minimum absolute atomic E-state index is 0.0158. The number of amides is 3. The number of hydrogen-bond acceptors (Lipinski definition) is 5. The van der Waals surface area contributed by atoms with Crippen LogP contribution in [0.4, 0.5) is 0 Å². The molecule has 1 fully saturated rings. The molecule has 1 aliphatic rings. The lowest BCUT2D eigenvalue weighted by atomic mass is 10.2. The van der Waals surface area contributed by atoms with Crippen LogP contribution in [0.2, 0.25) is 0 Å². The second kappa shape index (κ2) is 9.74. The van der Waals surface area contributed by atoms with Gasteiger partial charge >= 0.3 is 0 Å². The Morgan fingerprint density at radius 3 is 1.94 bits per heavy atom. The third-order valence-corrected chi connectivity index (χ3v) is 7.02. The van der Waals surface area contributed by atoms with E-state index in [2.05, 4.69) is 5.32 Å². The van der Waals surface area contributed by atoms with Gasteiger partial charge in [0.15, 0.2) is 0 Å². The predicted octanol–water partition coefficient (Wildman–Crippen LogP) is 1.30. The Balaban J connectivity index is 1.86. The number of nitrogens with zero attached hydrogens (tertiary/aromatic N) is 2. The van der Waals surface area contributed by atoms with Crippen LogP contribution in [-0.4, -0.2) is 67.5 Å². The van der Waals surface area contributed by atoms with E-state index in [0.717, 1.165) is 0 Å². The van der Waals surface area contributed by atoms with Crippen molar-refractivity contribution in [2.45, 2.75) is 23.6 Å². The first kappa shape index (κ1) is 22.5. The Hall–Kier alpha value is -3.20. The normalized spacial score (nSPS) is 15.3. The van der Waals surface area contributed by atoms with Crippen molar-refractivity contribution in [3.8, 4) is 0 Å². The minimum Gasteiger partial charge on any atom is -0.339 e. The van der Waals surface area contributed by atoms with Crippen LogP contribution in [0.15, 0.2) is 65.6 Å². The summed E-state index contributed by atoms with van der Waals surface area (Å²) in [6, 6.07) is 15.7. The summed E-state index contributed by atoms with van der Waals surface area (Å²) in [6.45, 7) is 2.81. The Bertz CT molecular complexity index is 1030. The Morgan fingerprint density at radius 2 is 1.39 bits per heavy atom. The van der Waals surface area contributed by atoms with Gasteiger partial charge in [-0.1, -0.05) is 43.3 Å². The summed E-state index contributed by atoms with van der Waals surface area (Å²) in [7, 11) is -4.19. The highest BCUT2D eigenvalue weighted by Crippen LogP contribution is 2.18. The molecule has 3 rings (SSSR count). The average Bonchev–Trinajstić information content (AvgIpc) is 2.82. The monoisotopic (exact) mass is 443 g/mol. The van der Waals surface area contributed by atoms with Gasteiger partial charge in [0.05, 0.1) is 4.90 Å². The van der Waals surface area contributed by atoms with Gasteiger partial charge in [0.1, 0.15) is 0 Å². The Morgan fingerprint density at radius 1 is 0.871 bits per heavy atom. The summed E-state index contributed by atoms with van der Waals surface area (Å²) in [6.07, 6.45) is 0.367. The first-order valence-corrected chi connectivity index (χ1v) is 11.6. The van der Waals surface area contributed by atoms with Crippen molar-refractivity contribution in [2.75, 3.05) is 26.2 Å². The quantitative estimate of drug-likeness (QED) is 0.725. The molecule has 8 nitrogen and oxygen atoms in total. The third-order valence-electron chi connectivity index (χ3n) is 5.15. The number of nitrogens with one attached hydrogen (secondary N) is 1. The average molecular weight is 444 g/mol. The largest absolute Gasteiger partial charge is 0.339 e. The van der Waals surface area contributed by atoms with Gasteiger partial charge in [0, 0.05) is 38.2 Å².